The van der Waals surface area contributed by atoms with Crippen LogP contribution >= 0.6 is 11.3 Å². The highest BCUT2D eigenvalue weighted by Gasteiger charge is 2.12. The molecule has 1 atom stereocenters. The molecule has 0 aliphatic heterocycles. The number of nitrogens with one attached hydrogen (secondary N) is 2. The maximum atomic E-state index is 12.2. The zero-order valence-electron chi connectivity index (χ0n) is 15.5. The Bertz CT molecular complexity index is 713. The van der Waals surface area contributed by atoms with Gasteiger partial charge in [-0.2, -0.15) is 0 Å². The minimum Gasteiger partial charge on any atom is -0.497 e. The molecule has 7 heteroatoms. The zero-order chi connectivity index (χ0) is 18.8. The van der Waals surface area contributed by atoms with Crippen LogP contribution in [0.2, 0.25) is 0 Å². The van der Waals surface area contributed by atoms with Gasteiger partial charge in [0, 0.05) is 11.6 Å². The summed E-state index contributed by atoms with van der Waals surface area (Å²) in [6.07, 6.45) is 8.20. The summed E-state index contributed by atoms with van der Waals surface area (Å²) in [5.74, 6) is 0.787. The van der Waals surface area contributed by atoms with Crippen molar-refractivity contribution in [1.29, 1.82) is 0 Å². The lowest BCUT2D eigenvalue weighted by Gasteiger charge is -2.14. The summed E-state index contributed by atoms with van der Waals surface area (Å²) < 4.78 is 5.15. The highest BCUT2D eigenvalue weighted by molar-refractivity contribution is 7.18. The number of methoxy groups -OCH3 is 1. The van der Waals surface area contributed by atoms with E-state index in [2.05, 4.69) is 46.8 Å². The monoisotopic (exact) mass is 374 g/mol. The number of hydrogen-bond donors (Lipinski definition) is 2. The van der Waals surface area contributed by atoms with E-state index in [-0.39, 0.29) is 12.1 Å². The van der Waals surface area contributed by atoms with Crippen LogP contribution in [0.3, 0.4) is 0 Å². The van der Waals surface area contributed by atoms with Gasteiger partial charge in [-0.05, 0) is 43.5 Å². The quantitative estimate of drug-likeness (QED) is 0.615. The molecular weight excluding hydrogens is 348 g/mol. The number of urea groups is 1. The van der Waals surface area contributed by atoms with E-state index in [0.29, 0.717) is 5.13 Å². The molecule has 0 saturated carbocycles. The fourth-order valence-electron chi connectivity index (χ4n) is 2.32. The maximum Gasteiger partial charge on any atom is 0.321 e. The number of benzene rings is 1. The van der Waals surface area contributed by atoms with Crippen molar-refractivity contribution in [3.63, 3.8) is 0 Å². The van der Waals surface area contributed by atoms with Gasteiger partial charge in [-0.3, -0.25) is 5.32 Å². The Morgan fingerprint density at radius 3 is 2.65 bits per heavy atom. The topological polar surface area (TPSA) is 76.1 Å². The van der Waals surface area contributed by atoms with Crippen LogP contribution in [0.15, 0.2) is 36.4 Å². The third kappa shape index (κ3) is 6.15. The first-order chi connectivity index (χ1) is 12.7. The van der Waals surface area contributed by atoms with Crippen molar-refractivity contribution in [2.45, 2.75) is 45.6 Å². The number of aromatic nitrogens is 2. The molecule has 1 heterocycles. The first-order valence-corrected chi connectivity index (χ1v) is 9.68. The van der Waals surface area contributed by atoms with Crippen molar-refractivity contribution in [1.82, 2.24) is 15.5 Å². The molecule has 0 radical (unpaired) electrons. The fraction of sp³-hybridized carbons (Fsp3) is 0.421. The largest absolute Gasteiger partial charge is 0.497 e. The third-order valence-corrected chi connectivity index (χ3v) is 4.74. The summed E-state index contributed by atoms with van der Waals surface area (Å²) in [6, 6.07) is 7.43. The highest BCUT2D eigenvalue weighted by atomic mass is 32.1. The van der Waals surface area contributed by atoms with Crippen LogP contribution in [0.4, 0.5) is 9.93 Å². The molecule has 0 aliphatic rings. The van der Waals surface area contributed by atoms with E-state index in [1.54, 1.807) is 7.11 Å². The molecule has 0 aliphatic carbocycles. The second-order valence-corrected chi connectivity index (χ2v) is 6.82. The standard InChI is InChI=1S/C19H26N4O2S/c1-4-6-7-8-9-15(5-2)20-18(24)21-19-23-22-17(26-19)14-10-12-16(25-3)13-11-14/h7-8,10-13,15H,4-6,9H2,1-3H3,(H2,20,21,23,24)/b8-7-. The number of nitrogens with zero attached hydrogens (tertiary/aromatic N) is 2. The van der Waals surface area contributed by atoms with Crippen LogP contribution < -0.4 is 15.4 Å². The maximum absolute atomic E-state index is 12.2. The van der Waals surface area contributed by atoms with Gasteiger partial charge in [0.25, 0.3) is 0 Å². The van der Waals surface area contributed by atoms with Gasteiger partial charge in [-0.15, -0.1) is 10.2 Å². The number of carbonyl (C=O) groups excluding carboxylic acids is 1. The lowest BCUT2D eigenvalue weighted by atomic mass is 10.1. The first kappa shape index (κ1) is 19.9. The Kier molecular flexibility index (Phi) is 8.08. The van der Waals surface area contributed by atoms with E-state index in [9.17, 15) is 4.79 Å². The van der Waals surface area contributed by atoms with Crippen LogP contribution in [0.5, 0.6) is 5.75 Å². The molecule has 2 rings (SSSR count). The Morgan fingerprint density at radius 1 is 1.23 bits per heavy atom. The van der Waals surface area contributed by atoms with Crippen LogP contribution in [0.1, 0.15) is 39.5 Å². The molecule has 0 saturated heterocycles. The van der Waals surface area contributed by atoms with E-state index in [4.69, 9.17) is 4.74 Å². The molecule has 2 amide bonds. The van der Waals surface area contributed by atoms with Gasteiger partial charge < -0.3 is 10.1 Å². The number of ether oxygens (including phenoxy) is 1. The van der Waals surface area contributed by atoms with Gasteiger partial charge in [0.05, 0.1) is 7.11 Å². The molecule has 140 valence electrons. The lowest BCUT2D eigenvalue weighted by Crippen LogP contribution is -2.37. The van der Waals surface area contributed by atoms with Crippen molar-refractivity contribution in [3.8, 4) is 16.3 Å². The summed E-state index contributed by atoms with van der Waals surface area (Å²) in [7, 11) is 1.63. The molecule has 2 N–H and O–H groups in total. The number of rotatable bonds is 9. The predicted molar refractivity (Wildman–Crippen MR) is 107 cm³/mol. The van der Waals surface area contributed by atoms with Gasteiger partial charge in [0.1, 0.15) is 10.8 Å². The summed E-state index contributed by atoms with van der Waals surface area (Å²) in [5.41, 5.74) is 0.934. The number of carbonyl (C=O) groups is 1. The molecule has 1 aromatic carbocycles. The summed E-state index contributed by atoms with van der Waals surface area (Å²) in [6.45, 7) is 4.21. The van der Waals surface area contributed by atoms with E-state index >= 15 is 0 Å². The molecule has 2 aromatic rings. The minimum absolute atomic E-state index is 0.108. The second kappa shape index (κ2) is 10.6. The van der Waals surface area contributed by atoms with Crippen molar-refractivity contribution >= 4 is 22.5 Å². The van der Waals surface area contributed by atoms with Crippen LogP contribution in [0, 0.1) is 0 Å². The normalized spacial score (nSPS) is 12.1. The van der Waals surface area contributed by atoms with Crippen molar-refractivity contribution in [3.05, 3.63) is 36.4 Å². The zero-order valence-corrected chi connectivity index (χ0v) is 16.3. The van der Waals surface area contributed by atoms with E-state index in [0.717, 1.165) is 42.0 Å². The number of unbranched alkanes of at least 4 members (excludes halogenated alkanes) is 1. The van der Waals surface area contributed by atoms with E-state index < -0.39 is 0 Å². The molecule has 1 aromatic heterocycles. The Balaban J connectivity index is 1.89. The van der Waals surface area contributed by atoms with Gasteiger partial charge >= 0.3 is 6.03 Å². The SMILES string of the molecule is CCC/C=C\CC(CC)NC(=O)Nc1nnc(-c2ccc(OC)cc2)s1. The van der Waals surface area contributed by atoms with Crippen LogP contribution in [-0.4, -0.2) is 29.4 Å². The Hall–Kier alpha value is -2.41. The molecule has 6 nitrogen and oxygen atoms in total. The van der Waals surface area contributed by atoms with E-state index in [1.807, 2.05) is 24.3 Å². The van der Waals surface area contributed by atoms with Crippen molar-refractivity contribution in [2.24, 2.45) is 0 Å². The lowest BCUT2D eigenvalue weighted by molar-refractivity contribution is 0.248. The second-order valence-electron chi connectivity index (χ2n) is 5.84. The third-order valence-electron chi connectivity index (χ3n) is 3.85. The summed E-state index contributed by atoms with van der Waals surface area (Å²) in [4.78, 5) is 12.2. The van der Waals surface area contributed by atoms with Crippen LogP contribution in [-0.2, 0) is 0 Å². The average Bonchev–Trinajstić information content (AvgIpc) is 3.12. The Labute approximate surface area is 158 Å². The number of amides is 2. The average molecular weight is 375 g/mol. The molecule has 0 spiro atoms. The molecule has 1 unspecified atom stereocenters. The highest BCUT2D eigenvalue weighted by Crippen LogP contribution is 2.27. The van der Waals surface area contributed by atoms with Gasteiger partial charge in [-0.1, -0.05) is 43.8 Å². The predicted octanol–water partition coefficient (Wildman–Crippen LogP) is 4.86. The first-order valence-electron chi connectivity index (χ1n) is 8.86. The molecule has 26 heavy (non-hydrogen) atoms. The van der Waals surface area contributed by atoms with E-state index in [1.165, 1.54) is 11.3 Å². The number of hydrogen-bond acceptors (Lipinski definition) is 5. The van der Waals surface area contributed by atoms with Gasteiger partial charge in [0.2, 0.25) is 5.13 Å². The minimum atomic E-state index is -0.252. The fourth-order valence-corrected chi connectivity index (χ4v) is 3.06. The van der Waals surface area contributed by atoms with Crippen LogP contribution in [0.25, 0.3) is 10.6 Å². The Morgan fingerprint density at radius 2 is 2.00 bits per heavy atom. The smallest absolute Gasteiger partial charge is 0.321 e. The molecular formula is C19H26N4O2S. The number of allylic oxidation sites excluding steroid dienone is 1. The molecule has 0 bridgehead atoms. The van der Waals surface area contributed by atoms with Gasteiger partial charge in [0.15, 0.2) is 0 Å². The summed E-state index contributed by atoms with van der Waals surface area (Å²) >= 11 is 1.34. The molecule has 0 fully saturated rings. The van der Waals surface area contributed by atoms with Gasteiger partial charge in [-0.25, -0.2) is 4.79 Å². The number of anilines is 1. The van der Waals surface area contributed by atoms with Crippen molar-refractivity contribution < 1.29 is 9.53 Å². The summed E-state index contributed by atoms with van der Waals surface area (Å²) in [5, 5.41) is 15.2. The van der Waals surface area contributed by atoms with Crippen molar-refractivity contribution in [2.75, 3.05) is 12.4 Å².